The molecule has 0 amide bonds. The summed E-state index contributed by atoms with van der Waals surface area (Å²) in [5, 5.41) is 4.95. The van der Waals surface area contributed by atoms with Gasteiger partial charge < -0.3 is 10.1 Å². The third kappa shape index (κ3) is 3.36. The monoisotopic (exact) mass is 280 g/mol. The second kappa shape index (κ2) is 5.90. The molecule has 0 bridgehead atoms. The lowest BCUT2D eigenvalue weighted by molar-refractivity contribution is 0.181. The number of nitrogens with one attached hydrogen (secondary N) is 1. The number of ether oxygens (including phenoxy) is 1. The fourth-order valence-corrected chi connectivity index (χ4v) is 4.09. The predicted molar refractivity (Wildman–Crippen MR) is 78.4 cm³/mol. The topological polar surface area (TPSA) is 34.1 Å². The van der Waals surface area contributed by atoms with Crippen molar-refractivity contribution in [2.45, 2.75) is 64.1 Å². The van der Waals surface area contributed by atoms with E-state index in [1.54, 1.807) is 7.11 Å². The molecule has 2 saturated carbocycles. The van der Waals surface area contributed by atoms with Crippen LogP contribution in [0.15, 0.2) is 0 Å². The van der Waals surface area contributed by atoms with Crippen LogP contribution >= 0.6 is 11.3 Å². The van der Waals surface area contributed by atoms with E-state index in [4.69, 9.17) is 9.72 Å². The molecule has 2 unspecified atom stereocenters. The molecule has 3 nitrogen and oxygen atoms in total. The van der Waals surface area contributed by atoms with Crippen LogP contribution in [0.25, 0.3) is 0 Å². The van der Waals surface area contributed by atoms with Crippen molar-refractivity contribution < 1.29 is 4.74 Å². The smallest absolute Gasteiger partial charge is 0.0963 e. The lowest BCUT2D eigenvalue weighted by Gasteiger charge is -2.04. The number of hydrogen-bond donors (Lipinski definition) is 1. The molecule has 2 aliphatic carbocycles. The van der Waals surface area contributed by atoms with Crippen molar-refractivity contribution in [2.24, 2.45) is 5.92 Å². The van der Waals surface area contributed by atoms with Crippen molar-refractivity contribution in [1.82, 2.24) is 10.3 Å². The molecule has 0 spiro atoms. The van der Waals surface area contributed by atoms with Crippen molar-refractivity contribution in [1.29, 1.82) is 0 Å². The molecular weight excluding hydrogens is 256 g/mol. The van der Waals surface area contributed by atoms with E-state index in [9.17, 15) is 0 Å². The Bertz CT molecular complexity index is 428. The minimum absolute atomic E-state index is 0.653. The van der Waals surface area contributed by atoms with Gasteiger partial charge in [0.05, 0.1) is 17.3 Å². The third-order valence-electron chi connectivity index (χ3n) is 4.25. The van der Waals surface area contributed by atoms with E-state index >= 15 is 0 Å². The number of thiazole rings is 1. The van der Waals surface area contributed by atoms with Gasteiger partial charge in [0.15, 0.2) is 0 Å². The summed E-state index contributed by atoms with van der Waals surface area (Å²) in [6, 6.07) is 0.757. The van der Waals surface area contributed by atoms with Gasteiger partial charge in [-0.05, 0) is 31.6 Å². The quantitative estimate of drug-likeness (QED) is 0.866. The number of methoxy groups -OCH3 is 1. The van der Waals surface area contributed by atoms with E-state index < -0.39 is 0 Å². The largest absolute Gasteiger partial charge is 0.378 e. The van der Waals surface area contributed by atoms with Gasteiger partial charge in [0.25, 0.3) is 0 Å². The molecule has 2 aliphatic rings. The Morgan fingerprint density at radius 2 is 2.16 bits per heavy atom. The van der Waals surface area contributed by atoms with Gasteiger partial charge in [0.1, 0.15) is 0 Å². The summed E-state index contributed by atoms with van der Waals surface area (Å²) in [6.45, 7) is 3.99. The first-order chi connectivity index (χ1) is 9.26. The average molecular weight is 280 g/mol. The summed E-state index contributed by atoms with van der Waals surface area (Å²) in [7, 11) is 1.76. The molecule has 0 radical (unpaired) electrons. The van der Waals surface area contributed by atoms with Crippen LogP contribution in [-0.4, -0.2) is 18.1 Å². The molecular formula is C15H24N2OS. The molecule has 1 heterocycles. The fraction of sp³-hybridized carbons (Fsp3) is 0.800. The van der Waals surface area contributed by atoms with E-state index in [-0.39, 0.29) is 0 Å². The minimum Gasteiger partial charge on any atom is -0.378 e. The Morgan fingerprint density at radius 3 is 2.79 bits per heavy atom. The van der Waals surface area contributed by atoms with E-state index in [1.807, 2.05) is 11.3 Å². The number of aromatic nitrogens is 1. The van der Waals surface area contributed by atoms with Crippen molar-refractivity contribution in [3.8, 4) is 0 Å². The summed E-state index contributed by atoms with van der Waals surface area (Å²) in [4.78, 5) is 6.26. The molecule has 0 aliphatic heterocycles. The van der Waals surface area contributed by atoms with Crippen molar-refractivity contribution >= 4 is 11.3 Å². The van der Waals surface area contributed by atoms with E-state index in [0.717, 1.165) is 24.2 Å². The fourth-order valence-electron chi connectivity index (χ4n) is 2.92. The lowest BCUT2D eigenvalue weighted by atomic mass is 10.1. The predicted octanol–water partition coefficient (Wildman–Crippen LogP) is 3.45. The first kappa shape index (κ1) is 13.5. The standard InChI is InChI=1S/C15H24N2OS/c1-10-3-4-11(7-10)15-17-13(9-18-2)14(19-15)8-16-12-5-6-12/h10-12,16H,3-9H2,1-2H3. The molecule has 106 valence electrons. The highest BCUT2D eigenvalue weighted by Gasteiger charge is 2.27. The summed E-state index contributed by atoms with van der Waals surface area (Å²) in [5.74, 6) is 1.57. The van der Waals surface area contributed by atoms with Gasteiger partial charge in [-0.25, -0.2) is 4.98 Å². The zero-order valence-electron chi connectivity index (χ0n) is 11.9. The summed E-state index contributed by atoms with van der Waals surface area (Å²) in [5.41, 5.74) is 1.16. The van der Waals surface area contributed by atoms with Crippen LogP contribution in [0.3, 0.4) is 0 Å². The zero-order valence-corrected chi connectivity index (χ0v) is 12.8. The number of rotatable bonds is 6. The summed E-state index contributed by atoms with van der Waals surface area (Å²) >= 11 is 1.91. The van der Waals surface area contributed by atoms with E-state index in [1.165, 1.54) is 42.0 Å². The van der Waals surface area contributed by atoms with Gasteiger partial charge in [-0.2, -0.15) is 0 Å². The number of nitrogens with zero attached hydrogens (tertiary/aromatic N) is 1. The Hall–Kier alpha value is -0.450. The second-order valence-electron chi connectivity index (χ2n) is 6.13. The highest BCUT2D eigenvalue weighted by molar-refractivity contribution is 7.11. The molecule has 2 fully saturated rings. The Morgan fingerprint density at radius 1 is 1.32 bits per heavy atom. The van der Waals surface area contributed by atoms with Gasteiger partial charge >= 0.3 is 0 Å². The maximum Gasteiger partial charge on any atom is 0.0963 e. The molecule has 19 heavy (non-hydrogen) atoms. The van der Waals surface area contributed by atoms with Gasteiger partial charge in [0.2, 0.25) is 0 Å². The van der Waals surface area contributed by atoms with Crippen molar-refractivity contribution in [3.05, 3.63) is 15.6 Å². The lowest BCUT2D eigenvalue weighted by Crippen LogP contribution is -2.15. The molecule has 4 heteroatoms. The van der Waals surface area contributed by atoms with Crippen molar-refractivity contribution in [3.63, 3.8) is 0 Å². The Balaban J connectivity index is 1.70. The van der Waals surface area contributed by atoms with Crippen LogP contribution in [0.2, 0.25) is 0 Å². The molecule has 1 aromatic heterocycles. The average Bonchev–Trinajstić information content (AvgIpc) is 2.99. The molecule has 0 aromatic carbocycles. The molecule has 0 saturated heterocycles. The normalized spacial score (nSPS) is 27.1. The Labute approximate surface area is 119 Å². The van der Waals surface area contributed by atoms with Gasteiger partial charge in [-0.3, -0.25) is 0 Å². The Kier molecular flexibility index (Phi) is 4.20. The summed E-state index contributed by atoms with van der Waals surface area (Å²) in [6.07, 6.45) is 6.67. The SMILES string of the molecule is COCc1nc(C2CCC(C)C2)sc1CNC1CC1. The third-order valence-corrected chi connectivity index (χ3v) is 5.51. The highest BCUT2D eigenvalue weighted by atomic mass is 32.1. The first-order valence-corrected chi connectivity index (χ1v) is 8.28. The van der Waals surface area contributed by atoms with Crippen LogP contribution in [0.1, 0.15) is 60.5 Å². The van der Waals surface area contributed by atoms with E-state index in [2.05, 4.69) is 12.2 Å². The number of hydrogen-bond acceptors (Lipinski definition) is 4. The van der Waals surface area contributed by atoms with Crippen LogP contribution in [-0.2, 0) is 17.9 Å². The van der Waals surface area contributed by atoms with Gasteiger partial charge in [0, 0.05) is 30.5 Å². The highest BCUT2D eigenvalue weighted by Crippen LogP contribution is 2.40. The van der Waals surface area contributed by atoms with Crippen molar-refractivity contribution in [2.75, 3.05) is 7.11 Å². The van der Waals surface area contributed by atoms with Crippen LogP contribution < -0.4 is 5.32 Å². The van der Waals surface area contributed by atoms with Gasteiger partial charge in [-0.1, -0.05) is 13.3 Å². The van der Waals surface area contributed by atoms with Crippen LogP contribution in [0, 0.1) is 5.92 Å². The molecule has 2 atom stereocenters. The molecule has 1 N–H and O–H groups in total. The maximum absolute atomic E-state index is 5.30. The first-order valence-electron chi connectivity index (χ1n) is 7.47. The molecule has 3 rings (SSSR count). The van der Waals surface area contributed by atoms with Crippen LogP contribution in [0.4, 0.5) is 0 Å². The maximum atomic E-state index is 5.30. The van der Waals surface area contributed by atoms with Gasteiger partial charge in [-0.15, -0.1) is 11.3 Å². The van der Waals surface area contributed by atoms with Crippen LogP contribution in [0.5, 0.6) is 0 Å². The zero-order chi connectivity index (χ0) is 13.2. The minimum atomic E-state index is 0.653. The molecule has 1 aromatic rings. The summed E-state index contributed by atoms with van der Waals surface area (Å²) < 4.78 is 5.30. The second-order valence-corrected chi connectivity index (χ2v) is 7.24. The van der Waals surface area contributed by atoms with E-state index in [0.29, 0.717) is 12.5 Å².